The highest BCUT2D eigenvalue weighted by Crippen LogP contribution is 2.07. The molecule has 0 bridgehead atoms. The van der Waals surface area contributed by atoms with Crippen LogP contribution in [0, 0.1) is 0 Å². The lowest BCUT2D eigenvalue weighted by Gasteiger charge is -1.89. The SMILES string of the molecule is O=c1[nH]cc(N=Cc2cccs2)c(=O)[nH]1. The van der Waals surface area contributed by atoms with Gasteiger partial charge in [-0.3, -0.25) is 9.78 Å². The third-order valence-electron chi connectivity index (χ3n) is 1.67. The Bertz CT molecular complexity index is 580. The van der Waals surface area contributed by atoms with Crippen LogP contribution in [0.1, 0.15) is 4.88 Å². The van der Waals surface area contributed by atoms with Gasteiger partial charge >= 0.3 is 5.69 Å². The monoisotopic (exact) mass is 221 g/mol. The molecule has 0 saturated carbocycles. The van der Waals surface area contributed by atoms with E-state index in [2.05, 4.69) is 15.0 Å². The predicted octanol–water partition coefficient (Wildman–Crippen LogP) is 0.875. The van der Waals surface area contributed by atoms with Crippen molar-refractivity contribution in [1.82, 2.24) is 9.97 Å². The van der Waals surface area contributed by atoms with Gasteiger partial charge in [0.2, 0.25) is 0 Å². The number of thiophene rings is 1. The van der Waals surface area contributed by atoms with E-state index in [1.54, 1.807) is 6.21 Å². The third-order valence-corrected chi connectivity index (χ3v) is 2.48. The molecule has 2 N–H and O–H groups in total. The van der Waals surface area contributed by atoms with Gasteiger partial charge in [0.15, 0.2) is 0 Å². The topological polar surface area (TPSA) is 78.1 Å². The van der Waals surface area contributed by atoms with Crippen LogP contribution in [-0.2, 0) is 0 Å². The molecule has 2 aromatic rings. The van der Waals surface area contributed by atoms with Gasteiger partial charge in [-0.1, -0.05) is 6.07 Å². The lowest BCUT2D eigenvalue weighted by Crippen LogP contribution is -2.20. The molecule has 15 heavy (non-hydrogen) atoms. The summed E-state index contributed by atoms with van der Waals surface area (Å²) in [5.41, 5.74) is -0.843. The summed E-state index contributed by atoms with van der Waals surface area (Å²) >= 11 is 1.52. The lowest BCUT2D eigenvalue weighted by molar-refractivity contribution is 1.03. The van der Waals surface area contributed by atoms with Crippen LogP contribution in [-0.4, -0.2) is 16.2 Å². The van der Waals surface area contributed by atoms with Crippen molar-refractivity contribution in [2.45, 2.75) is 0 Å². The summed E-state index contributed by atoms with van der Waals surface area (Å²) in [7, 11) is 0. The van der Waals surface area contributed by atoms with Crippen LogP contribution in [0.2, 0.25) is 0 Å². The maximum absolute atomic E-state index is 11.2. The van der Waals surface area contributed by atoms with E-state index in [9.17, 15) is 9.59 Å². The number of H-pyrrole nitrogens is 2. The lowest BCUT2D eigenvalue weighted by atomic mass is 10.5. The molecule has 0 aliphatic rings. The Morgan fingerprint density at radius 1 is 1.40 bits per heavy atom. The van der Waals surface area contributed by atoms with Crippen LogP contribution in [0.5, 0.6) is 0 Å². The Labute approximate surface area is 88.2 Å². The second-order valence-corrected chi connectivity index (χ2v) is 3.71. The van der Waals surface area contributed by atoms with Gasteiger partial charge in [-0.15, -0.1) is 11.3 Å². The van der Waals surface area contributed by atoms with Crippen LogP contribution in [0.4, 0.5) is 5.69 Å². The average Bonchev–Trinajstić information content (AvgIpc) is 2.69. The number of rotatable bonds is 2. The van der Waals surface area contributed by atoms with Crippen molar-refractivity contribution in [3.05, 3.63) is 49.4 Å². The first-order chi connectivity index (χ1) is 7.25. The zero-order valence-electron chi connectivity index (χ0n) is 7.56. The molecule has 2 aromatic heterocycles. The molecule has 0 saturated heterocycles. The summed E-state index contributed by atoms with van der Waals surface area (Å²) in [4.78, 5) is 31.3. The van der Waals surface area contributed by atoms with Crippen LogP contribution in [0.15, 0.2) is 38.3 Å². The Kier molecular flexibility index (Phi) is 2.59. The third kappa shape index (κ3) is 2.29. The number of nitrogens with one attached hydrogen (secondary N) is 2. The minimum atomic E-state index is -0.532. The van der Waals surface area contributed by atoms with E-state index in [4.69, 9.17) is 0 Å². The van der Waals surface area contributed by atoms with E-state index in [1.807, 2.05) is 17.5 Å². The van der Waals surface area contributed by atoms with Gasteiger partial charge in [0.1, 0.15) is 5.69 Å². The predicted molar refractivity (Wildman–Crippen MR) is 59.3 cm³/mol. The Hall–Kier alpha value is -1.95. The normalized spacial score (nSPS) is 10.9. The smallest absolute Gasteiger partial charge is 0.312 e. The quantitative estimate of drug-likeness (QED) is 0.738. The molecule has 5 nitrogen and oxygen atoms in total. The fourth-order valence-electron chi connectivity index (χ4n) is 0.996. The van der Waals surface area contributed by atoms with E-state index in [-0.39, 0.29) is 5.69 Å². The molecular formula is C9H7N3O2S. The van der Waals surface area contributed by atoms with Crippen LogP contribution < -0.4 is 11.2 Å². The van der Waals surface area contributed by atoms with E-state index < -0.39 is 11.2 Å². The molecule has 0 aromatic carbocycles. The maximum Gasteiger partial charge on any atom is 0.325 e. The van der Waals surface area contributed by atoms with Crippen LogP contribution >= 0.6 is 11.3 Å². The largest absolute Gasteiger partial charge is 0.325 e. The molecule has 76 valence electrons. The summed E-state index contributed by atoms with van der Waals surface area (Å²) in [6, 6.07) is 3.77. The molecule has 6 heteroatoms. The van der Waals surface area contributed by atoms with E-state index in [0.717, 1.165) is 4.88 Å². The van der Waals surface area contributed by atoms with Gasteiger partial charge in [0.25, 0.3) is 5.56 Å². The fraction of sp³-hybridized carbons (Fsp3) is 0. The summed E-state index contributed by atoms with van der Waals surface area (Å²) in [6.07, 6.45) is 2.86. The molecule has 0 spiro atoms. The molecule has 2 heterocycles. The minimum absolute atomic E-state index is 0.183. The van der Waals surface area contributed by atoms with E-state index in [0.29, 0.717) is 0 Å². The first-order valence-electron chi connectivity index (χ1n) is 4.15. The highest BCUT2D eigenvalue weighted by atomic mass is 32.1. The number of hydrogen-bond acceptors (Lipinski definition) is 4. The van der Waals surface area contributed by atoms with Crippen molar-refractivity contribution < 1.29 is 0 Å². The minimum Gasteiger partial charge on any atom is -0.312 e. The fourth-order valence-corrected chi connectivity index (χ4v) is 1.58. The molecule has 0 radical (unpaired) electrons. The Balaban J connectivity index is 2.33. The molecule has 0 unspecified atom stereocenters. The van der Waals surface area contributed by atoms with Crippen LogP contribution in [0.25, 0.3) is 0 Å². The van der Waals surface area contributed by atoms with Crippen molar-refractivity contribution in [2.75, 3.05) is 0 Å². The first-order valence-corrected chi connectivity index (χ1v) is 5.03. The van der Waals surface area contributed by atoms with Crippen molar-refractivity contribution in [1.29, 1.82) is 0 Å². The Morgan fingerprint density at radius 2 is 2.27 bits per heavy atom. The number of hydrogen-bond donors (Lipinski definition) is 2. The number of aromatic nitrogens is 2. The summed E-state index contributed by atoms with van der Waals surface area (Å²) < 4.78 is 0. The second kappa shape index (κ2) is 4.05. The standard InChI is InChI=1S/C9H7N3O2S/c13-8-7(5-11-9(14)12-8)10-4-6-2-1-3-15-6/h1-5H,(H2,11,12,13,14). The second-order valence-electron chi connectivity index (χ2n) is 2.73. The average molecular weight is 221 g/mol. The zero-order valence-corrected chi connectivity index (χ0v) is 8.38. The highest BCUT2D eigenvalue weighted by molar-refractivity contribution is 7.11. The molecule has 0 atom stereocenters. The molecule has 0 amide bonds. The van der Waals surface area contributed by atoms with Crippen molar-refractivity contribution in [3.8, 4) is 0 Å². The molecular weight excluding hydrogens is 214 g/mol. The molecule has 0 fully saturated rings. The molecule has 2 rings (SSSR count). The van der Waals surface area contributed by atoms with Gasteiger partial charge in [-0.2, -0.15) is 0 Å². The molecule has 0 aliphatic carbocycles. The highest BCUT2D eigenvalue weighted by Gasteiger charge is 1.96. The summed E-state index contributed by atoms with van der Waals surface area (Å²) in [6.45, 7) is 0. The maximum atomic E-state index is 11.2. The number of nitrogens with zero attached hydrogens (tertiary/aromatic N) is 1. The van der Waals surface area contributed by atoms with Gasteiger partial charge in [0.05, 0.1) is 0 Å². The Morgan fingerprint density at radius 3 is 2.93 bits per heavy atom. The molecule has 0 aliphatic heterocycles. The van der Waals surface area contributed by atoms with Gasteiger partial charge in [0, 0.05) is 17.3 Å². The van der Waals surface area contributed by atoms with Gasteiger partial charge < -0.3 is 4.98 Å². The summed E-state index contributed by atoms with van der Waals surface area (Å²) in [5, 5.41) is 1.92. The number of aliphatic imine (C=N–C) groups is 1. The van der Waals surface area contributed by atoms with Crippen LogP contribution in [0.3, 0.4) is 0 Å². The number of aromatic amines is 2. The van der Waals surface area contributed by atoms with E-state index >= 15 is 0 Å². The van der Waals surface area contributed by atoms with Gasteiger partial charge in [-0.05, 0) is 11.4 Å². The summed E-state index contributed by atoms with van der Waals surface area (Å²) in [5.74, 6) is 0. The van der Waals surface area contributed by atoms with E-state index in [1.165, 1.54) is 17.5 Å². The van der Waals surface area contributed by atoms with Crippen molar-refractivity contribution in [2.24, 2.45) is 4.99 Å². The zero-order chi connectivity index (χ0) is 10.7. The first kappa shape index (κ1) is 9.60. The van der Waals surface area contributed by atoms with Gasteiger partial charge in [-0.25, -0.2) is 9.79 Å². The van der Waals surface area contributed by atoms with Crippen molar-refractivity contribution >= 4 is 23.2 Å². The van der Waals surface area contributed by atoms with Crippen molar-refractivity contribution in [3.63, 3.8) is 0 Å².